The Hall–Kier alpha value is -1.38. The van der Waals surface area contributed by atoms with Gasteiger partial charge in [0.25, 0.3) is 0 Å². The molecular weight excluding hydrogens is 374 g/mol. The fraction of sp³-hybridized carbons (Fsp3) is 0. The third kappa shape index (κ3) is 4.79. The van der Waals surface area contributed by atoms with Crippen molar-refractivity contribution in [3.8, 4) is 16.9 Å². The Morgan fingerprint density at radius 2 is 1.13 bits per heavy atom. The highest BCUT2D eigenvalue weighted by atomic mass is 35.5. The molecule has 0 saturated heterocycles. The van der Waals surface area contributed by atoms with Gasteiger partial charge in [-0.1, -0.05) is 94.9 Å². The van der Waals surface area contributed by atoms with Gasteiger partial charge in [-0.15, -0.1) is 0 Å². The molecule has 3 aromatic rings. The molecule has 5 heteroatoms. The molecule has 3 rings (SSSR count). The van der Waals surface area contributed by atoms with Crippen LogP contribution in [0.2, 0.25) is 20.1 Å². The lowest BCUT2D eigenvalue weighted by Crippen LogP contribution is -1.83. The van der Waals surface area contributed by atoms with E-state index in [4.69, 9.17) is 51.5 Å². The molecule has 0 heterocycles. The lowest BCUT2D eigenvalue weighted by atomic mass is 10.1. The zero-order chi connectivity index (χ0) is 16.8. The molecule has 0 amide bonds. The fourth-order valence-corrected chi connectivity index (χ4v) is 2.74. The van der Waals surface area contributed by atoms with Crippen molar-refractivity contribution in [2.24, 2.45) is 0 Å². The number of phenols is 1. The van der Waals surface area contributed by atoms with E-state index >= 15 is 0 Å². The van der Waals surface area contributed by atoms with Crippen LogP contribution < -0.4 is 0 Å². The van der Waals surface area contributed by atoms with Crippen LogP contribution in [0.5, 0.6) is 5.75 Å². The molecule has 118 valence electrons. The molecule has 0 aliphatic rings. The smallest absolute Gasteiger partial charge is 0.115 e. The molecule has 0 aliphatic heterocycles. The highest BCUT2D eigenvalue weighted by molar-refractivity contribution is 6.52. The number of benzene rings is 3. The summed E-state index contributed by atoms with van der Waals surface area (Å²) < 4.78 is 0. The Kier molecular flexibility index (Phi) is 6.61. The van der Waals surface area contributed by atoms with Crippen molar-refractivity contribution in [3.63, 3.8) is 0 Å². The monoisotopic (exact) mass is 384 g/mol. The quantitative estimate of drug-likeness (QED) is 0.342. The second kappa shape index (κ2) is 8.47. The molecule has 0 unspecified atom stereocenters. The number of hydrogen-bond acceptors (Lipinski definition) is 1. The summed E-state index contributed by atoms with van der Waals surface area (Å²) in [5.41, 5.74) is 1.73. The van der Waals surface area contributed by atoms with Gasteiger partial charge in [0.05, 0.1) is 20.1 Å². The second-order valence-corrected chi connectivity index (χ2v) is 6.09. The molecule has 1 N–H and O–H groups in total. The van der Waals surface area contributed by atoms with E-state index in [-0.39, 0.29) is 10.0 Å². The van der Waals surface area contributed by atoms with Gasteiger partial charge in [0.1, 0.15) is 5.75 Å². The van der Waals surface area contributed by atoms with E-state index in [1.54, 1.807) is 30.3 Å². The van der Waals surface area contributed by atoms with E-state index in [9.17, 15) is 0 Å². The maximum absolute atomic E-state index is 8.63. The first-order chi connectivity index (χ1) is 11.0. The molecule has 1 nitrogen and oxygen atoms in total. The molecule has 0 saturated carbocycles. The topological polar surface area (TPSA) is 20.2 Å². The van der Waals surface area contributed by atoms with Crippen molar-refractivity contribution in [2.45, 2.75) is 0 Å². The largest absolute Gasteiger partial charge is 0.508 e. The number of aromatic hydroxyl groups is 1. The summed E-state index contributed by atoms with van der Waals surface area (Å²) in [6.07, 6.45) is 0. The minimum Gasteiger partial charge on any atom is -0.508 e. The molecule has 0 spiro atoms. The predicted octanol–water partition coefficient (Wildman–Crippen LogP) is 7.36. The maximum atomic E-state index is 8.63. The van der Waals surface area contributed by atoms with Gasteiger partial charge in [0.2, 0.25) is 0 Å². The first-order valence-corrected chi connectivity index (χ1v) is 8.14. The van der Waals surface area contributed by atoms with E-state index in [1.807, 2.05) is 36.4 Å². The molecule has 0 aliphatic carbocycles. The highest BCUT2D eigenvalue weighted by Gasteiger charge is 2.13. The fourth-order valence-electron chi connectivity index (χ4n) is 1.83. The van der Waals surface area contributed by atoms with Gasteiger partial charge in [-0.05, 0) is 23.8 Å². The Balaban J connectivity index is 0.000000229. The van der Waals surface area contributed by atoms with Gasteiger partial charge < -0.3 is 5.11 Å². The molecule has 0 aromatic heterocycles. The van der Waals surface area contributed by atoms with E-state index in [0.29, 0.717) is 15.8 Å². The van der Waals surface area contributed by atoms with Crippen LogP contribution in [0.1, 0.15) is 0 Å². The summed E-state index contributed by atoms with van der Waals surface area (Å²) in [7, 11) is 0. The van der Waals surface area contributed by atoms with Crippen LogP contribution >= 0.6 is 46.4 Å². The SMILES string of the molecule is Clc1cc(-c2ccccc2)c(Cl)c(Cl)c1Cl.Oc1ccccc1. The number of halogens is 4. The van der Waals surface area contributed by atoms with Gasteiger partial charge >= 0.3 is 0 Å². The van der Waals surface area contributed by atoms with E-state index in [2.05, 4.69) is 0 Å². The molecule has 23 heavy (non-hydrogen) atoms. The molecule has 0 atom stereocenters. The van der Waals surface area contributed by atoms with E-state index in [1.165, 1.54) is 0 Å². The van der Waals surface area contributed by atoms with Gasteiger partial charge in [0, 0.05) is 5.56 Å². The zero-order valence-corrected chi connectivity index (χ0v) is 14.8. The molecule has 0 bridgehead atoms. The van der Waals surface area contributed by atoms with E-state index in [0.717, 1.165) is 11.1 Å². The van der Waals surface area contributed by atoms with Crippen molar-refractivity contribution in [1.82, 2.24) is 0 Å². The average Bonchev–Trinajstić information content (AvgIpc) is 2.58. The third-order valence-electron chi connectivity index (χ3n) is 2.94. The molecule has 3 aromatic carbocycles. The minimum atomic E-state index is 0.285. The Bertz CT molecular complexity index is 774. The summed E-state index contributed by atoms with van der Waals surface area (Å²) in [5.74, 6) is 0.322. The first-order valence-electron chi connectivity index (χ1n) is 6.63. The Morgan fingerprint density at radius 1 is 0.609 bits per heavy atom. The van der Waals surface area contributed by atoms with Crippen LogP contribution in [-0.2, 0) is 0 Å². The molecule has 0 fully saturated rings. The second-order valence-electron chi connectivity index (χ2n) is 4.55. The standard InChI is InChI=1S/C12H6Cl4.C6H6O/c13-9-6-8(7-4-2-1-3-5-7)10(14)12(16)11(9)15;7-6-4-2-1-3-5-6/h1-6H;1-5,7H. The number of para-hydroxylation sites is 1. The van der Waals surface area contributed by atoms with Gasteiger partial charge in [-0.25, -0.2) is 0 Å². The summed E-state index contributed by atoms with van der Waals surface area (Å²) in [6.45, 7) is 0. The summed E-state index contributed by atoms with van der Waals surface area (Å²) >= 11 is 24.0. The van der Waals surface area contributed by atoms with Gasteiger partial charge in [0.15, 0.2) is 0 Å². The average molecular weight is 386 g/mol. The van der Waals surface area contributed by atoms with Crippen LogP contribution in [0, 0.1) is 0 Å². The maximum Gasteiger partial charge on any atom is 0.115 e. The van der Waals surface area contributed by atoms with Crippen molar-refractivity contribution >= 4 is 46.4 Å². The lowest BCUT2D eigenvalue weighted by Gasteiger charge is -2.09. The van der Waals surface area contributed by atoms with Crippen molar-refractivity contribution in [3.05, 3.63) is 86.8 Å². The van der Waals surface area contributed by atoms with E-state index < -0.39 is 0 Å². The lowest BCUT2D eigenvalue weighted by molar-refractivity contribution is 0.475. The first kappa shape index (κ1) is 18.0. The normalized spacial score (nSPS) is 9.91. The van der Waals surface area contributed by atoms with Gasteiger partial charge in [-0.2, -0.15) is 0 Å². The number of phenolic OH excluding ortho intramolecular Hbond substituents is 1. The van der Waals surface area contributed by atoms with Crippen LogP contribution in [-0.4, -0.2) is 5.11 Å². The Labute approximate surface area is 155 Å². The summed E-state index contributed by atoms with van der Waals surface area (Å²) in [6, 6.07) is 20.1. The van der Waals surface area contributed by atoms with Crippen molar-refractivity contribution in [2.75, 3.05) is 0 Å². The Morgan fingerprint density at radius 3 is 1.61 bits per heavy atom. The highest BCUT2D eigenvalue weighted by Crippen LogP contribution is 2.42. The van der Waals surface area contributed by atoms with Crippen molar-refractivity contribution < 1.29 is 5.11 Å². The van der Waals surface area contributed by atoms with Crippen LogP contribution in [0.3, 0.4) is 0 Å². The number of rotatable bonds is 1. The zero-order valence-electron chi connectivity index (χ0n) is 11.8. The molecule has 0 radical (unpaired) electrons. The van der Waals surface area contributed by atoms with Crippen molar-refractivity contribution in [1.29, 1.82) is 0 Å². The molecular formula is C18H12Cl4O. The third-order valence-corrected chi connectivity index (χ3v) is 4.70. The minimum absolute atomic E-state index is 0.285. The van der Waals surface area contributed by atoms with Crippen LogP contribution in [0.4, 0.5) is 0 Å². The summed E-state index contributed by atoms with van der Waals surface area (Å²) in [5, 5.41) is 10.0. The summed E-state index contributed by atoms with van der Waals surface area (Å²) in [4.78, 5) is 0. The van der Waals surface area contributed by atoms with Crippen LogP contribution in [0.25, 0.3) is 11.1 Å². The van der Waals surface area contributed by atoms with Gasteiger partial charge in [-0.3, -0.25) is 0 Å². The number of hydrogen-bond donors (Lipinski definition) is 1. The predicted molar refractivity (Wildman–Crippen MR) is 100 cm³/mol. The van der Waals surface area contributed by atoms with Crippen LogP contribution in [0.15, 0.2) is 66.7 Å².